The summed E-state index contributed by atoms with van der Waals surface area (Å²) in [4.78, 5) is 11.8. The highest BCUT2D eigenvalue weighted by atomic mass is 79.9. The van der Waals surface area contributed by atoms with Gasteiger partial charge >= 0.3 is 0 Å². The number of rotatable bonds is 0. The van der Waals surface area contributed by atoms with Crippen molar-refractivity contribution in [3.8, 4) is 5.75 Å². The highest BCUT2D eigenvalue weighted by Crippen LogP contribution is 2.36. The number of aryl methyl sites for hydroxylation is 1. The first-order chi connectivity index (χ1) is 7.43. The van der Waals surface area contributed by atoms with E-state index in [9.17, 15) is 9.90 Å². The Morgan fingerprint density at radius 1 is 1.44 bits per heavy atom. The summed E-state index contributed by atoms with van der Waals surface area (Å²) in [5, 5.41) is 17.6. The number of anilines is 1. The van der Waals surface area contributed by atoms with Crippen LogP contribution in [0.4, 0.5) is 5.69 Å². The van der Waals surface area contributed by atoms with E-state index < -0.39 is 0 Å². The van der Waals surface area contributed by atoms with Crippen LogP contribution < -0.4 is 5.73 Å². The second-order valence-corrected chi connectivity index (χ2v) is 4.47. The smallest absolute Gasteiger partial charge is 0.202 e. The molecule has 2 rings (SSSR count). The van der Waals surface area contributed by atoms with Crippen molar-refractivity contribution in [3.63, 3.8) is 0 Å². The zero-order chi connectivity index (χ0) is 12.0. The Morgan fingerprint density at radius 3 is 2.69 bits per heavy atom. The van der Waals surface area contributed by atoms with Gasteiger partial charge in [0.25, 0.3) is 0 Å². The molecule has 0 saturated carbocycles. The number of halogens is 1. The summed E-state index contributed by atoms with van der Waals surface area (Å²) in [7, 11) is 0. The van der Waals surface area contributed by atoms with Gasteiger partial charge in [-0.25, -0.2) is 0 Å². The van der Waals surface area contributed by atoms with E-state index in [1.807, 2.05) is 0 Å². The number of benzene rings is 1. The normalized spacial score (nSPS) is 14.8. The Kier molecular flexibility index (Phi) is 2.35. The topological polar surface area (TPSA) is 87.2 Å². The minimum atomic E-state index is -0.307. The predicted octanol–water partition coefficient (Wildman–Crippen LogP) is 2.13. The van der Waals surface area contributed by atoms with E-state index >= 15 is 0 Å². The number of carbonyl (C=O) groups excluding carboxylic acids is 1. The van der Waals surface area contributed by atoms with Gasteiger partial charge in [-0.05, 0) is 40.6 Å². The van der Waals surface area contributed by atoms with Gasteiger partial charge in [-0.15, -0.1) is 0 Å². The Morgan fingerprint density at radius 2 is 2.06 bits per heavy atom. The second kappa shape index (κ2) is 3.45. The van der Waals surface area contributed by atoms with Gasteiger partial charge in [-0.3, -0.25) is 4.79 Å². The molecule has 0 radical (unpaired) electrons. The van der Waals surface area contributed by atoms with Gasteiger partial charge in [0.15, 0.2) is 0 Å². The van der Waals surface area contributed by atoms with Gasteiger partial charge in [0, 0.05) is 5.69 Å². The summed E-state index contributed by atoms with van der Waals surface area (Å²) in [5.74, 6) is -0.363. The molecule has 0 unspecified atom stereocenters. The quantitative estimate of drug-likeness (QED) is 0.503. The number of hydrogen-bond acceptors (Lipinski definition) is 4. The molecule has 1 aromatic rings. The molecular formula is C11H9BrN2O2. The first kappa shape index (κ1) is 10.9. The van der Waals surface area contributed by atoms with E-state index in [1.165, 1.54) is 12.1 Å². The molecule has 0 aromatic heterocycles. The average Bonchev–Trinajstić information content (AvgIpc) is 2.20. The van der Waals surface area contributed by atoms with Gasteiger partial charge < -0.3 is 16.2 Å². The van der Waals surface area contributed by atoms with Crippen LogP contribution in [0.2, 0.25) is 0 Å². The van der Waals surface area contributed by atoms with E-state index in [2.05, 4.69) is 15.9 Å². The standard InChI is InChI=1S/C11H9BrN2O2/c1-4-2-6(13)9-8(10(4)15)7(14)3-5(12)11(9)16/h2-3,14-15H,13H2,1H3. The highest BCUT2D eigenvalue weighted by Gasteiger charge is 2.28. The zero-order valence-electron chi connectivity index (χ0n) is 8.47. The summed E-state index contributed by atoms with van der Waals surface area (Å²) in [6.45, 7) is 1.68. The Bertz CT molecular complexity index is 562. The third kappa shape index (κ3) is 1.36. The van der Waals surface area contributed by atoms with Crippen LogP contribution in [0.25, 0.3) is 0 Å². The summed E-state index contributed by atoms with van der Waals surface area (Å²) >= 11 is 3.07. The first-order valence-corrected chi connectivity index (χ1v) is 5.35. The molecular weight excluding hydrogens is 272 g/mol. The van der Waals surface area contributed by atoms with Crippen LogP contribution in [0.5, 0.6) is 5.75 Å². The molecule has 1 aliphatic carbocycles. The van der Waals surface area contributed by atoms with E-state index in [-0.39, 0.29) is 38.5 Å². The SMILES string of the molecule is Cc1cc(N)c2c(c1O)C(=N)C=C(Br)C2=O. The average molecular weight is 281 g/mol. The van der Waals surface area contributed by atoms with Crippen LogP contribution in [-0.4, -0.2) is 16.6 Å². The number of phenolic OH excluding ortho intramolecular Hbond substituents is 1. The zero-order valence-corrected chi connectivity index (χ0v) is 10.1. The van der Waals surface area contributed by atoms with Gasteiger partial charge in [-0.1, -0.05) is 0 Å². The van der Waals surface area contributed by atoms with Gasteiger partial charge in [-0.2, -0.15) is 0 Å². The third-order valence-corrected chi connectivity index (χ3v) is 3.09. The van der Waals surface area contributed by atoms with Gasteiger partial charge in [0.2, 0.25) is 5.78 Å². The van der Waals surface area contributed by atoms with Crippen LogP contribution in [0.15, 0.2) is 16.6 Å². The number of nitrogens with two attached hydrogens (primary N) is 1. The van der Waals surface area contributed by atoms with Crippen molar-refractivity contribution in [1.29, 1.82) is 5.41 Å². The highest BCUT2D eigenvalue weighted by molar-refractivity contribution is 9.12. The lowest BCUT2D eigenvalue weighted by atomic mass is 9.90. The molecule has 0 heterocycles. The van der Waals surface area contributed by atoms with Crippen molar-refractivity contribution >= 4 is 33.1 Å². The number of carbonyl (C=O) groups is 1. The van der Waals surface area contributed by atoms with Crippen molar-refractivity contribution in [2.24, 2.45) is 0 Å². The van der Waals surface area contributed by atoms with Crippen LogP contribution in [0, 0.1) is 12.3 Å². The monoisotopic (exact) mass is 280 g/mol. The van der Waals surface area contributed by atoms with E-state index in [0.29, 0.717) is 5.56 Å². The van der Waals surface area contributed by atoms with E-state index in [1.54, 1.807) is 6.92 Å². The number of ketones is 1. The molecule has 1 aliphatic rings. The molecule has 4 N–H and O–H groups in total. The lowest BCUT2D eigenvalue weighted by molar-refractivity contribution is 0.104. The molecule has 0 atom stereocenters. The number of nitrogen functional groups attached to an aromatic ring is 1. The number of Topliss-reactive ketones (excluding diaryl/α,β-unsaturated/α-hetero) is 1. The molecule has 0 aliphatic heterocycles. The molecule has 0 bridgehead atoms. The van der Waals surface area contributed by atoms with Crippen molar-refractivity contribution < 1.29 is 9.90 Å². The second-order valence-electron chi connectivity index (χ2n) is 3.62. The molecule has 16 heavy (non-hydrogen) atoms. The van der Waals surface area contributed by atoms with Crippen LogP contribution in [0.1, 0.15) is 21.5 Å². The minimum absolute atomic E-state index is 0.0567. The number of fused-ring (bicyclic) bond motifs is 1. The molecule has 0 saturated heterocycles. The van der Waals surface area contributed by atoms with Crippen LogP contribution >= 0.6 is 15.9 Å². The van der Waals surface area contributed by atoms with Gasteiger partial charge in [0.05, 0.1) is 21.3 Å². The minimum Gasteiger partial charge on any atom is -0.507 e. The molecule has 0 amide bonds. The first-order valence-electron chi connectivity index (χ1n) is 4.56. The Hall–Kier alpha value is -1.62. The molecule has 5 heteroatoms. The fourth-order valence-electron chi connectivity index (χ4n) is 1.72. The lowest BCUT2D eigenvalue weighted by Gasteiger charge is -2.18. The fraction of sp³-hybridized carbons (Fsp3) is 0.0909. The maximum Gasteiger partial charge on any atom is 0.202 e. The molecule has 0 spiro atoms. The maximum atomic E-state index is 11.8. The summed E-state index contributed by atoms with van der Waals surface area (Å²) < 4.78 is 0.278. The number of phenols is 1. The third-order valence-electron chi connectivity index (χ3n) is 2.51. The van der Waals surface area contributed by atoms with Crippen LogP contribution in [-0.2, 0) is 0 Å². The molecule has 4 nitrogen and oxygen atoms in total. The van der Waals surface area contributed by atoms with E-state index in [0.717, 1.165) is 0 Å². The van der Waals surface area contributed by atoms with Gasteiger partial charge in [0.1, 0.15) is 5.75 Å². The number of allylic oxidation sites excluding steroid dienone is 2. The number of nitrogens with one attached hydrogen (secondary N) is 1. The maximum absolute atomic E-state index is 11.8. The Labute approximate surface area is 100 Å². The fourth-order valence-corrected chi connectivity index (χ4v) is 2.15. The van der Waals surface area contributed by atoms with E-state index in [4.69, 9.17) is 11.1 Å². The van der Waals surface area contributed by atoms with Crippen LogP contribution in [0.3, 0.4) is 0 Å². The molecule has 82 valence electrons. The summed E-state index contributed by atoms with van der Waals surface area (Å²) in [6, 6.07) is 1.53. The summed E-state index contributed by atoms with van der Waals surface area (Å²) in [5.41, 5.74) is 7.08. The summed E-state index contributed by atoms with van der Waals surface area (Å²) in [6.07, 6.45) is 1.36. The van der Waals surface area contributed by atoms with Crippen molar-refractivity contribution in [2.45, 2.75) is 6.92 Å². The molecule has 0 fully saturated rings. The van der Waals surface area contributed by atoms with Crippen molar-refractivity contribution in [3.05, 3.63) is 33.3 Å². The number of aromatic hydroxyl groups is 1. The van der Waals surface area contributed by atoms with Crippen molar-refractivity contribution in [1.82, 2.24) is 0 Å². The molecule has 1 aromatic carbocycles. The lowest BCUT2D eigenvalue weighted by Crippen LogP contribution is -2.17. The largest absolute Gasteiger partial charge is 0.507 e. The van der Waals surface area contributed by atoms with Crippen molar-refractivity contribution in [2.75, 3.05) is 5.73 Å². The number of hydrogen-bond donors (Lipinski definition) is 3. The Balaban J connectivity index is 2.87. The predicted molar refractivity (Wildman–Crippen MR) is 65.4 cm³/mol.